The minimum absolute atomic E-state index is 0.478. The zero-order valence-electron chi connectivity index (χ0n) is 10.4. The minimum Gasteiger partial charge on any atom is -0.475 e. The van der Waals surface area contributed by atoms with Crippen LogP contribution in [-0.2, 0) is 4.74 Å². The molecule has 6 heteroatoms. The zero-order valence-corrected chi connectivity index (χ0v) is 10.4. The third-order valence-electron chi connectivity index (χ3n) is 2.28. The van der Waals surface area contributed by atoms with Crippen LogP contribution in [0.4, 0.5) is 5.82 Å². The van der Waals surface area contributed by atoms with E-state index >= 15 is 0 Å². The zero-order chi connectivity index (χ0) is 12.5. The fourth-order valence-electron chi connectivity index (χ4n) is 1.27. The van der Waals surface area contributed by atoms with E-state index in [1.165, 1.54) is 6.33 Å². The molecule has 0 aliphatic carbocycles. The van der Waals surface area contributed by atoms with Gasteiger partial charge in [0.15, 0.2) is 0 Å². The van der Waals surface area contributed by atoms with E-state index < -0.39 is 0 Å². The molecule has 3 N–H and O–H groups in total. The van der Waals surface area contributed by atoms with E-state index in [1.54, 1.807) is 0 Å². The van der Waals surface area contributed by atoms with E-state index in [4.69, 9.17) is 15.3 Å². The van der Waals surface area contributed by atoms with Crippen molar-refractivity contribution in [2.75, 3.05) is 25.2 Å². The number of hydrogen-bond acceptors (Lipinski definition) is 6. The molecule has 1 heterocycles. The Labute approximate surface area is 102 Å². The summed E-state index contributed by atoms with van der Waals surface area (Å²) in [5, 5.41) is 0. The number of nitrogens with two attached hydrogens (primary N) is 1. The Bertz CT molecular complexity index is 333. The Balaban J connectivity index is 2.31. The number of ether oxygens (including phenoxy) is 2. The number of nitrogen functional groups attached to an aromatic ring is 1. The number of anilines is 1. The van der Waals surface area contributed by atoms with Gasteiger partial charge in [-0.05, 0) is 13.3 Å². The number of unbranched alkanes of at least 4 members (excludes halogenated alkanes) is 1. The molecule has 6 nitrogen and oxygen atoms in total. The summed E-state index contributed by atoms with van der Waals surface area (Å²) in [5.74, 6) is 6.41. The Kier molecular flexibility index (Phi) is 6.27. The highest BCUT2D eigenvalue weighted by Gasteiger charge is 2.06. The third kappa shape index (κ3) is 4.54. The molecule has 0 aliphatic rings. The lowest BCUT2D eigenvalue weighted by Gasteiger charge is -2.10. The van der Waals surface area contributed by atoms with Crippen LogP contribution in [0.2, 0.25) is 0 Å². The van der Waals surface area contributed by atoms with Gasteiger partial charge in [-0.3, -0.25) is 0 Å². The van der Waals surface area contributed by atoms with Crippen molar-refractivity contribution in [1.29, 1.82) is 0 Å². The molecule has 0 bridgehead atoms. The Morgan fingerprint density at radius 2 is 2.12 bits per heavy atom. The topological polar surface area (TPSA) is 82.3 Å². The van der Waals surface area contributed by atoms with E-state index in [-0.39, 0.29) is 0 Å². The van der Waals surface area contributed by atoms with Crippen molar-refractivity contribution in [3.8, 4) is 5.88 Å². The second-order valence-corrected chi connectivity index (χ2v) is 3.61. The monoisotopic (exact) mass is 240 g/mol. The van der Waals surface area contributed by atoms with Crippen LogP contribution in [0.1, 0.15) is 25.3 Å². The predicted octanol–water partition coefficient (Wildman–Crippen LogP) is 1.27. The highest BCUT2D eigenvalue weighted by molar-refractivity contribution is 5.46. The molecular formula is C11H20N4O2. The van der Waals surface area contributed by atoms with E-state index in [0.717, 1.165) is 25.0 Å². The van der Waals surface area contributed by atoms with Gasteiger partial charge in [0, 0.05) is 6.61 Å². The fourth-order valence-corrected chi connectivity index (χ4v) is 1.27. The lowest BCUT2D eigenvalue weighted by atomic mass is 10.3. The van der Waals surface area contributed by atoms with Gasteiger partial charge in [-0.25, -0.2) is 15.8 Å². The maximum Gasteiger partial charge on any atom is 0.221 e. The largest absolute Gasteiger partial charge is 0.475 e. The summed E-state index contributed by atoms with van der Waals surface area (Å²) in [5.41, 5.74) is 3.29. The lowest BCUT2D eigenvalue weighted by Crippen LogP contribution is -2.13. The van der Waals surface area contributed by atoms with Crippen LogP contribution >= 0.6 is 0 Å². The summed E-state index contributed by atoms with van der Waals surface area (Å²) in [7, 11) is 0. The van der Waals surface area contributed by atoms with Gasteiger partial charge >= 0.3 is 0 Å². The second kappa shape index (κ2) is 7.81. The molecule has 0 spiro atoms. The SMILES string of the molecule is CCCCOCCOc1ncnc(NN)c1C. The summed E-state index contributed by atoms with van der Waals surface area (Å²) < 4.78 is 10.9. The van der Waals surface area contributed by atoms with E-state index in [0.29, 0.717) is 24.9 Å². The van der Waals surface area contributed by atoms with Gasteiger partial charge in [-0.15, -0.1) is 0 Å². The molecule has 0 fully saturated rings. The van der Waals surface area contributed by atoms with Crippen LogP contribution in [0, 0.1) is 6.92 Å². The molecule has 1 aromatic heterocycles. The smallest absolute Gasteiger partial charge is 0.221 e. The number of hydrazine groups is 1. The van der Waals surface area contributed by atoms with Crippen molar-refractivity contribution in [2.45, 2.75) is 26.7 Å². The summed E-state index contributed by atoms with van der Waals surface area (Å²) >= 11 is 0. The van der Waals surface area contributed by atoms with Crippen LogP contribution in [0.15, 0.2) is 6.33 Å². The summed E-state index contributed by atoms with van der Waals surface area (Å²) in [6.07, 6.45) is 3.63. The number of aromatic nitrogens is 2. The Hall–Kier alpha value is -1.40. The first-order chi connectivity index (χ1) is 8.29. The molecule has 0 unspecified atom stereocenters. The molecule has 17 heavy (non-hydrogen) atoms. The van der Waals surface area contributed by atoms with Crippen molar-refractivity contribution in [1.82, 2.24) is 9.97 Å². The summed E-state index contributed by atoms with van der Waals surface area (Å²) in [4.78, 5) is 8.00. The van der Waals surface area contributed by atoms with Crippen LogP contribution in [0.25, 0.3) is 0 Å². The molecule has 0 radical (unpaired) electrons. The number of hydrogen-bond donors (Lipinski definition) is 2. The minimum atomic E-state index is 0.478. The quantitative estimate of drug-likeness (QED) is 0.404. The number of nitrogens with one attached hydrogen (secondary N) is 1. The van der Waals surface area contributed by atoms with E-state index in [9.17, 15) is 0 Å². The van der Waals surface area contributed by atoms with Crippen molar-refractivity contribution in [3.05, 3.63) is 11.9 Å². The first-order valence-electron chi connectivity index (χ1n) is 5.78. The average molecular weight is 240 g/mol. The number of rotatable bonds is 8. The average Bonchev–Trinajstić information content (AvgIpc) is 2.35. The van der Waals surface area contributed by atoms with E-state index in [1.807, 2.05) is 6.92 Å². The molecule has 0 aromatic carbocycles. The Morgan fingerprint density at radius 3 is 2.82 bits per heavy atom. The van der Waals surface area contributed by atoms with Crippen LogP contribution in [-0.4, -0.2) is 29.8 Å². The summed E-state index contributed by atoms with van der Waals surface area (Å²) in [6.45, 7) is 5.80. The standard InChI is InChI=1S/C11H20N4O2/c1-3-4-5-16-6-7-17-11-9(2)10(15-12)13-8-14-11/h8H,3-7,12H2,1-2H3,(H,13,14,15). The molecule has 1 rings (SSSR count). The van der Waals surface area contributed by atoms with Crippen LogP contribution in [0.3, 0.4) is 0 Å². The maximum atomic E-state index is 5.49. The highest BCUT2D eigenvalue weighted by Crippen LogP contribution is 2.18. The van der Waals surface area contributed by atoms with Crippen molar-refractivity contribution in [3.63, 3.8) is 0 Å². The molecule has 0 aliphatic heterocycles. The molecule has 96 valence electrons. The summed E-state index contributed by atoms with van der Waals surface area (Å²) in [6, 6.07) is 0. The van der Waals surface area contributed by atoms with Crippen molar-refractivity contribution < 1.29 is 9.47 Å². The molecule has 0 saturated heterocycles. The van der Waals surface area contributed by atoms with Gasteiger partial charge in [0.1, 0.15) is 18.8 Å². The van der Waals surface area contributed by atoms with Crippen molar-refractivity contribution in [2.24, 2.45) is 5.84 Å². The molecule has 0 amide bonds. The van der Waals surface area contributed by atoms with E-state index in [2.05, 4.69) is 22.3 Å². The normalized spacial score (nSPS) is 10.3. The first kappa shape index (κ1) is 13.7. The van der Waals surface area contributed by atoms with Gasteiger partial charge in [0.05, 0.1) is 12.2 Å². The fraction of sp³-hybridized carbons (Fsp3) is 0.636. The third-order valence-corrected chi connectivity index (χ3v) is 2.28. The molecule has 0 saturated carbocycles. The highest BCUT2D eigenvalue weighted by atomic mass is 16.5. The van der Waals surface area contributed by atoms with Gasteiger partial charge in [0.2, 0.25) is 5.88 Å². The number of nitrogens with zero attached hydrogens (tertiary/aromatic N) is 2. The lowest BCUT2D eigenvalue weighted by molar-refractivity contribution is 0.0962. The Morgan fingerprint density at radius 1 is 1.29 bits per heavy atom. The molecular weight excluding hydrogens is 220 g/mol. The first-order valence-corrected chi connectivity index (χ1v) is 5.78. The van der Waals surface area contributed by atoms with Gasteiger partial charge in [0.25, 0.3) is 0 Å². The molecule has 0 atom stereocenters. The predicted molar refractivity (Wildman–Crippen MR) is 65.8 cm³/mol. The van der Waals surface area contributed by atoms with Gasteiger partial charge < -0.3 is 14.9 Å². The van der Waals surface area contributed by atoms with Gasteiger partial charge in [-0.2, -0.15) is 0 Å². The second-order valence-electron chi connectivity index (χ2n) is 3.61. The molecule has 1 aromatic rings. The van der Waals surface area contributed by atoms with Crippen LogP contribution < -0.4 is 16.0 Å². The maximum absolute atomic E-state index is 5.49. The van der Waals surface area contributed by atoms with Crippen LogP contribution in [0.5, 0.6) is 5.88 Å². The van der Waals surface area contributed by atoms with Gasteiger partial charge in [-0.1, -0.05) is 13.3 Å². The van der Waals surface area contributed by atoms with Crippen molar-refractivity contribution >= 4 is 5.82 Å².